The molecule has 1 aromatic carbocycles. The fourth-order valence-electron chi connectivity index (χ4n) is 1.41. The molecular formula is C13H14N2S. The van der Waals surface area contributed by atoms with Crippen molar-refractivity contribution in [3.05, 3.63) is 53.0 Å². The Balaban J connectivity index is 2.01. The van der Waals surface area contributed by atoms with Crippen LogP contribution in [0.1, 0.15) is 6.92 Å². The molecule has 0 spiro atoms. The predicted molar refractivity (Wildman–Crippen MR) is 71.8 cm³/mol. The molecule has 1 aromatic rings. The second-order valence-electron chi connectivity index (χ2n) is 3.31. The zero-order valence-electron chi connectivity index (χ0n) is 9.21. The highest BCUT2D eigenvalue weighted by Crippen LogP contribution is 2.27. The number of allylic oxidation sites excluding steroid dienone is 1. The van der Waals surface area contributed by atoms with Gasteiger partial charge in [-0.25, -0.2) is 0 Å². The number of hydrogen-bond acceptors (Lipinski definition) is 3. The Morgan fingerprint density at radius 2 is 2.12 bits per heavy atom. The second kappa shape index (κ2) is 5.56. The van der Waals surface area contributed by atoms with Gasteiger partial charge in [0, 0.05) is 19.0 Å². The van der Waals surface area contributed by atoms with Crippen molar-refractivity contribution in [1.82, 2.24) is 4.90 Å². The average molecular weight is 230 g/mol. The molecule has 0 fully saturated rings. The Kier molecular flexibility index (Phi) is 3.83. The maximum atomic E-state index is 4.37. The average Bonchev–Trinajstić information content (AvgIpc) is 2.78. The largest absolute Gasteiger partial charge is 0.342 e. The summed E-state index contributed by atoms with van der Waals surface area (Å²) in [7, 11) is 0. The normalized spacial score (nSPS) is 17.8. The van der Waals surface area contributed by atoms with Crippen LogP contribution in [0.4, 0.5) is 5.69 Å². The van der Waals surface area contributed by atoms with Gasteiger partial charge in [0.2, 0.25) is 0 Å². The molecule has 0 aromatic heterocycles. The van der Waals surface area contributed by atoms with E-state index in [1.165, 1.54) is 5.03 Å². The van der Waals surface area contributed by atoms with Crippen LogP contribution >= 0.6 is 11.8 Å². The van der Waals surface area contributed by atoms with Crippen LogP contribution < -0.4 is 0 Å². The van der Waals surface area contributed by atoms with E-state index in [-0.39, 0.29) is 0 Å². The maximum absolute atomic E-state index is 4.37. The first-order valence-electron chi connectivity index (χ1n) is 5.29. The fraction of sp³-hybridized carbons (Fsp3) is 0.154. The number of para-hydroxylation sites is 1. The van der Waals surface area contributed by atoms with E-state index < -0.39 is 0 Å². The molecule has 0 atom stereocenters. The zero-order chi connectivity index (χ0) is 11.2. The summed E-state index contributed by atoms with van der Waals surface area (Å²) in [5.74, 6) is 0. The first-order valence-corrected chi connectivity index (χ1v) is 6.17. The lowest BCUT2D eigenvalue weighted by atomic mass is 10.3. The molecule has 0 amide bonds. The van der Waals surface area contributed by atoms with Crippen LogP contribution in [-0.4, -0.2) is 17.7 Å². The van der Waals surface area contributed by atoms with Gasteiger partial charge in [0.1, 0.15) is 0 Å². The highest BCUT2D eigenvalue weighted by Gasteiger charge is 2.08. The monoisotopic (exact) mass is 230 g/mol. The summed E-state index contributed by atoms with van der Waals surface area (Å²) in [6.07, 6.45) is 5.99. The third-order valence-corrected chi connectivity index (χ3v) is 3.12. The molecule has 0 saturated heterocycles. The molecule has 0 N–H and O–H groups in total. The lowest BCUT2D eigenvalue weighted by Crippen LogP contribution is -2.09. The van der Waals surface area contributed by atoms with Gasteiger partial charge in [0.25, 0.3) is 0 Å². The summed E-state index contributed by atoms with van der Waals surface area (Å²) in [4.78, 5) is 6.57. The summed E-state index contributed by atoms with van der Waals surface area (Å²) in [5, 5.41) is 3.31. The SMILES string of the molecule is CCN1C=CSC1=CC=Nc1ccccc1. The Bertz CT molecular complexity index is 421. The molecule has 82 valence electrons. The van der Waals surface area contributed by atoms with Crippen LogP contribution in [0.25, 0.3) is 0 Å². The molecule has 0 unspecified atom stereocenters. The minimum absolute atomic E-state index is 0.985. The first kappa shape index (κ1) is 11.0. The van der Waals surface area contributed by atoms with E-state index in [1.807, 2.05) is 42.6 Å². The van der Waals surface area contributed by atoms with Gasteiger partial charge >= 0.3 is 0 Å². The quantitative estimate of drug-likeness (QED) is 0.734. The number of nitrogens with zero attached hydrogens (tertiary/aromatic N) is 2. The Hall–Kier alpha value is -1.48. The number of benzene rings is 1. The summed E-state index contributed by atoms with van der Waals surface area (Å²) in [6, 6.07) is 9.96. The lowest BCUT2D eigenvalue weighted by Gasteiger charge is -2.13. The number of aliphatic imine (C=N–C) groups is 1. The first-order chi connectivity index (χ1) is 7.90. The number of thioether (sulfide) groups is 1. The van der Waals surface area contributed by atoms with Gasteiger partial charge in [0.15, 0.2) is 0 Å². The van der Waals surface area contributed by atoms with Gasteiger partial charge in [-0.1, -0.05) is 30.0 Å². The molecule has 16 heavy (non-hydrogen) atoms. The van der Waals surface area contributed by atoms with Crippen molar-refractivity contribution in [3.63, 3.8) is 0 Å². The van der Waals surface area contributed by atoms with Crippen LogP contribution in [0.15, 0.2) is 58.0 Å². The Morgan fingerprint density at radius 1 is 1.31 bits per heavy atom. The highest BCUT2D eigenvalue weighted by atomic mass is 32.2. The van der Waals surface area contributed by atoms with Crippen molar-refractivity contribution in [3.8, 4) is 0 Å². The maximum Gasteiger partial charge on any atom is 0.0806 e. The summed E-state index contributed by atoms with van der Waals surface area (Å²) >= 11 is 1.73. The molecule has 0 aliphatic carbocycles. The van der Waals surface area contributed by atoms with Gasteiger partial charge in [-0.3, -0.25) is 4.99 Å². The van der Waals surface area contributed by atoms with E-state index >= 15 is 0 Å². The van der Waals surface area contributed by atoms with Gasteiger partial charge in [0.05, 0.1) is 10.7 Å². The smallest absolute Gasteiger partial charge is 0.0806 e. The Morgan fingerprint density at radius 3 is 2.88 bits per heavy atom. The van der Waals surface area contributed by atoms with E-state index in [2.05, 4.69) is 28.4 Å². The molecule has 0 bridgehead atoms. The molecule has 2 rings (SSSR count). The van der Waals surface area contributed by atoms with Crippen LogP contribution in [0, 0.1) is 0 Å². The molecule has 1 aliphatic rings. The third kappa shape index (κ3) is 2.76. The Labute approximate surface area is 100 Å². The lowest BCUT2D eigenvalue weighted by molar-refractivity contribution is 0.532. The summed E-state index contributed by atoms with van der Waals surface area (Å²) in [5.41, 5.74) is 0.985. The molecule has 1 aliphatic heterocycles. The predicted octanol–water partition coefficient (Wildman–Crippen LogP) is 3.77. The van der Waals surface area contributed by atoms with Crippen LogP contribution in [0.5, 0.6) is 0 Å². The van der Waals surface area contributed by atoms with Crippen molar-refractivity contribution < 1.29 is 0 Å². The topological polar surface area (TPSA) is 15.6 Å². The fourth-order valence-corrected chi connectivity index (χ4v) is 2.22. The van der Waals surface area contributed by atoms with Crippen molar-refractivity contribution >= 4 is 23.7 Å². The van der Waals surface area contributed by atoms with Gasteiger partial charge in [-0.05, 0) is 30.5 Å². The standard InChI is InChI=1S/C13H14N2S/c1-2-15-10-11-16-13(15)8-9-14-12-6-4-3-5-7-12/h3-11H,2H2,1H3. The summed E-state index contributed by atoms with van der Waals surface area (Å²) in [6.45, 7) is 3.13. The van der Waals surface area contributed by atoms with Crippen LogP contribution in [-0.2, 0) is 0 Å². The molecule has 3 heteroatoms. The number of rotatable bonds is 3. The zero-order valence-corrected chi connectivity index (χ0v) is 10.0. The van der Waals surface area contributed by atoms with Crippen molar-refractivity contribution in [2.75, 3.05) is 6.54 Å². The van der Waals surface area contributed by atoms with Crippen molar-refractivity contribution in [2.45, 2.75) is 6.92 Å². The highest BCUT2D eigenvalue weighted by molar-refractivity contribution is 8.06. The molecule has 0 radical (unpaired) electrons. The van der Waals surface area contributed by atoms with E-state index in [9.17, 15) is 0 Å². The van der Waals surface area contributed by atoms with Crippen molar-refractivity contribution in [2.24, 2.45) is 4.99 Å². The van der Waals surface area contributed by atoms with Gasteiger partial charge < -0.3 is 4.90 Å². The molecule has 0 saturated carbocycles. The minimum Gasteiger partial charge on any atom is -0.342 e. The van der Waals surface area contributed by atoms with E-state index in [0.717, 1.165) is 12.2 Å². The second-order valence-corrected chi connectivity index (χ2v) is 4.23. The van der Waals surface area contributed by atoms with Crippen LogP contribution in [0.2, 0.25) is 0 Å². The van der Waals surface area contributed by atoms with E-state index in [1.54, 1.807) is 11.8 Å². The van der Waals surface area contributed by atoms with Gasteiger partial charge in [-0.2, -0.15) is 0 Å². The molecular weight excluding hydrogens is 216 g/mol. The molecule has 2 nitrogen and oxygen atoms in total. The van der Waals surface area contributed by atoms with Gasteiger partial charge in [-0.15, -0.1) is 0 Å². The van der Waals surface area contributed by atoms with E-state index in [0.29, 0.717) is 0 Å². The van der Waals surface area contributed by atoms with Crippen molar-refractivity contribution in [1.29, 1.82) is 0 Å². The minimum atomic E-state index is 0.985. The molecule has 1 heterocycles. The third-order valence-electron chi connectivity index (χ3n) is 2.25. The van der Waals surface area contributed by atoms with E-state index in [4.69, 9.17) is 0 Å². The summed E-state index contributed by atoms with van der Waals surface area (Å²) < 4.78 is 0. The van der Waals surface area contributed by atoms with Crippen LogP contribution in [0.3, 0.4) is 0 Å². The number of hydrogen-bond donors (Lipinski definition) is 0.